The number of nitrogens with one attached hydrogen (secondary N) is 1. The summed E-state index contributed by atoms with van der Waals surface area (Å²) in [4.78, 5) is 12.0. The van der Waals surface area contributed by atoms with Gasteiger partial charge in [0.15, 0.2) is 6.61 Å². The third kappa shape index (κ3) is 4.25. The molecule has 2 rings (SSSR count). The van der Waals surface area contributed by atoms with Crippen LogP contribution in [0.15, 0.2) is 42.5 Å². The van der Waals surface area contributed by atoms with Gasteiger partial charge in [0.25, 0.3) is 5.91 Å². The number of hydrogen-bond acceptors (Lipinski definition) is 3. The van der Waals surface area contributed by atoms with Crippen LogP contribution in [0.2, 0.25) is 0 Å². The first kappa shape index (κ1) is 15.9. The summed E-state index contributed by atoms with van der Waals surface area (Å²) in [6.45, 7) is 4.00. The highest BCUT2D eigenvalue weighted by Crippen LogP contribution is 2.25. The van der Waals surface area contributed by atoms with Crippen molar-refractivity contribution in [3.63, 3.8) is 0 Å². The molecule has 0 radical (unpaired) electrons. The lowest BCUT2D eigenvalue weighted by atomic mass is 10.2. The average Bonchev–Trinajstić information content (AvgIpc) is 2.53. The Balaban J connectivity index is 1.97. The number of methoxy groups -OCH3 is 1. The van der Waals surface area contributed by atoms with Crippen molar-refractivity contribution in [3.8, 4) is 11.5 Å². The van der Waals surface area contributed by atoms with Crippen LogP contribution in [0.3, 0.4) is 0 Å². The molecule has 4 nitrogen and oxygen atoms in total. The number of hydrogen-bond donors (Lipinski definition) is 1. The zero-order valence-corrected chi connectivity index (χ0v) is 13.2. The summed E-state index contributed by atoms with van der Waals surface area (Å²) in [6.07, 6.45) is 0.934. The van der Waals surface area contributed by atoms with Crippen LogP contribution in [-0.4, -0.2) is 19.6 Å². The van der Waals surface area contributed by atoms with Gasteiger partial charge in [-0.25, -0.2) is 0 Å². The second-order valence-corrected chi connectivity index (χ2v) is 5.04. The lowest BCUT2D eigenvalue weighted by Gasteiger charge is -2.12. The van der Waals surface area contributed by atoms with Gasteiger partial charge in [-0.2, -0.15) is 0 Å². The van der Waals surface area contributed by atoms with Crippen LogP contribution in [0.25, 0.3) is 0 Å². The molecule has 0 aliphatic rings. The van der Waals surface area contributed by atoms with Crippen molar-refractivity contribution < 1.29 is 14.3 Å². The first-order chi connectivity index (χ1) is 10.6. The van der Waals surface area contributed by atoms with Crippen molar-refractivity contribution in [3.05, 3.63) is 53.6 Å². The molecule has 0 heterocycles. The predicted octanol–water partition coefficient (Wildman–Crippen LogP) is 3.58. The molecule has 0 aliphatic heterocycles. The SMILES string of the molecule is CCc1cccc(OCC(=O)Nc2cc(C)ccc2OC)c1. The Morgan fingerprint density at radius 2 is 2.00 bits per heavy atom. The topological polar surface area (TPSA) is 47.6 Å². The van der Waals surface area contributed by atoms with Crippen molar-refractivity contribution >= 4 is 11.6 Å². The lowest BCUT2D eigenvalue weighted by molar-refractivity contribution is -0.118. The van der Waals surface area contributed by atoms with Crippen molar-refractivity contribution in [1.82, 2.24) is 0 Å². The Labute approximate surface area is 131 Å². The number of amides is 1. The highest BCUT2D eigenvalue weighted by molar-refractivity contribution is 5.93. The number of carbonyl (C=O) groups is 1. The van der Waals surface area contributed by atoms with E-state index in [1.807, 2.05) is 49.4 Å². The molecular weight excluding hydrogens is 278 g/mol. The number of benzene rings is 2. The molecule has 0 saturated carbocycles. The van der Waals surface area contributed by atoms with E-state index in [1.165, 1.54) is 5.56 Å². The molecule has 2 aromatic carbocycles. The zero-order chi connectivity index (χ0) is 15.9. The monoisotopic (exact) mass is 299 g/mol. The van der Waals surface area contributed by atoms with Gasteiger partial charge in [0.1, 0.15) is 11.5 Å². The van der Waals surface area contributed by atoms with Crippen LogP contribution >= 0.6 is 0 Å². The molecule has 0 aromatic heterocycles. The fourth-order valence-electron chi connectivity index (χ4n) is 2.11. The molecular formula is C18H21NO3. The number of rotatable bonds is 6. The van der Waals surface area contributed by atoms with Crippen LogP contribution < -0.4 is 14.8 Å². The summed E-state index contributed by atoms with van der Waals surface area (Å²) in [7, 11) is 1.58. The van der Waals surface area contributed by atoms with Gasteiger partial charge in [0, 0.05) is 0 Å². The Bertz CT molecular complexity index is 653. The fraction of sp³-hybridized carbons (Fsp3) is 0.278. The fourth-order valence-corrected chi connectivity index (χ4v) is 2.11. The quantitative estimate of drug-likeness (QED) is 0.887. The maximum atomic E-state index is 12.0. The van der Waals surface area contributed by atoms with Gasteiger partial charge >= 0.3 is 0 Å². The minimum absolute atomic E-state index is 0.0374. The second kappa shape index (κ2) is 7.50. The summed E-state index contributed by atoms with van der Waals surface area (Å²) < 4.78 is 10.8. The Kier molecular flexibility index (Phi) is 5.42. The van der Waals surface area contributed by atoms with Crippen LogP contribution in [0.4, 0.5) is 5.69 Å². The summed E-state index contributed by atoms with van der Waals surface area (Å²) in [5.41, 5.74) is 2.88. The van der Waals surface area contributed by atoms with Crippen LogP contribution in [0, 0.1) is 6.92 Å². The molecule has 0 unspecified atom stereocenters. The number of ether oxygens (including phenoxy) is 2. The smallest absolute Gasteiger partial charge is 0.262 e. The minimum atomic E-state index is -0.217. The molecule has 0 fully saturated rings. The van der Waals surface area contributed by atoms with Gasteiger partial charge in [0.05, 0.1) is 12.8 Å². The molecule has 0 aliphatic carbocycles. The van der Waals surface area contributed by atoms with E-state index in [2.05, 4.69) is 12.2 Å². The Hall–Kier alpha value is -2.49. The van der Waals surface area contributed by atoms with E-state index in [-0.39, 0.29) is 12.5 Å². The number of carbonyl (C=O) groups excluding carboxylic acids is 1. The van der Waals surface area contributed by atoms with E-state index in [0.717, 1.165) is 12.0 Å². The third-order valence-corrected chi connectivity index (χ3v) is 3.31. The van der Waals surface area contributed by atoms with Crippen molar-refractivity contribution in [1.29, 1.82) is 0 Å². The number of aryl methyl sites for hydroxylation is 2. The van der Waals surface area contributed by atoms with Gasteiger partial charge < -0.3 is 14.8 Å². The summed E-state index contributed by atoms with van der Waals surface area (Å²) >= 11 is 0. The molecule has 0 saturated heterocycles. The Morgan fingerprint density at radius 3 is 2.73 bits per heavy atom. The molecule has 0 spiro atoms. The van der Waals surface area contributed by atoms with E-state index in [1.54, 1.807) is 7.11 Å². The van der Waals surface area contributed by atoms with Crippen molar-refractivity contribution in [2.75, 3.05) is 19.0 Å². The summed E-state index contributed by atoms with van der Waals surface area (Å²) in [6, 6.07) is 13.4. The lowest BCUT2D eigenvalue weighted by Crippen LogP contribution is -2.20. The number of anilines is 1. The van der Waals surface area contributed by atoms with E-state index in [9.17, 15) is 4.79 Å². The van der Waals surface area contributed by atoms with Crippen LogP contribution in [0.1, 0.15) is 18.1 Å². The molecule has 2 aromatic rings. The molecule has 0 bridgehead atoms. The Morgan fingerprint density at radius 1 is 1.18 bits per heavy atom. The molecule has 116 valence electrons. The molecule has 22 heavy (non-hydrogen) atoms. The molecule has 1 amide bonds. The van der Waals surface area contributed by atoms with Crippen molar-refractivity contribution in [2.24, 2.45) is 0 Å². The zero-order valence-electron chi connectivity index (χ0n) is 13.2. The summed E-state index contributed by atoms with van der Waals surface area (Å²) in [5, 5.41) is 2.81. The standard InChI is InChI=1S/C18H21NO3/c1-4-14-6-5-7-15(11-14)22-12-18(20)19-16-10-13(2)8-9-17(16)21-3/h5-11H,4,12H2,1-3H3,(H,19,20). The van der Waals surface area contributed by atoms with E-state index >= 15 is 0 Å². The first-order valence-corrected chi connectivity index (χ1v) is 7.28. The van der Waals surface area contributed by atoms with Gasteiger partial charge in [0.2, 0.25) is 0 Å². The maximum Gasteiger partial charge on any atom is 0.262 e. The average molecular weight is 299 g/mol. The predicted molar refractivity (Wildman–Crippen MR) is 87.7 cm³/mol. The van der Waals surface area contributed by atoms with E-state index < -0.39 is 0 Å². The van der Waals surface area contributed by atoms with Gasteiger partial charge in [-0.15, -0.1) is 0 Å². The largest absolute Gasteiger partial charge is 0.495 e. The maximum absolute atomic E-state index is 12.0. The van der Waals surface area contributed by atoms with Crippen LogP contribution in [-0.2, 0) is 11.2 Å². The van der Waals surface area contributed by atoms with Crippen molar-refractivity contribution in [2.45, 2.75) is 20.3 Å². The minimum Gasteiger partial charge on any atom is -0.495 e. The molecule has 0 atom stereocenters. The second-order valence-electron chi connectivity index (χ2n) is 5.04. The van der Waals surface area contributed by atoms with E-state index in [0.29, 0.717) is 17.2 Å². The summed E-state index contributed by atoms with van der Waals surface area (Å²) in [5.74, 6) is 1.11. The third-order valence-electron chi connectivity index (χ3n) is 3.31. The normalized spacial score (nSPS) is 10.1. The van der Waals surface area contributed by atoms with E-state index in [4.69, 9.17) is 9.47 Å². The van der Waals surface area contributed by atoms with Crippen LogP contribution in [0.5, 0.6) is 11.5 Å². The molecule has 1 N–H and O–H groups in total. The highest BCUT2D eigenvalue weighted by atomic mass is 16.5. The first-order valence-electron chi connectivity index (χ1n) is 7.28. The van der Waals surface area contributed by atoms with Gasteiger partial charge in [-0.3, -0.25) is 4.79 Å². The molecule has 4 heteroatoms. The van der Waals surface area contributed by atoms with Gasteiger partial charge in [-0.05, 0) is 48.7 Å². The highest BCUT2D eigenvalue weighted by Gasteiger charge is 2.08. The van der Waals surface area contributed by atoms with Gasteiger partial charge in [-0.1, -0.05) is 25.1 Å².